The Bertz CT molecular complexity index is 376. The molecule has 0 saturated carbocycles. The van der Waals surface area contributed by atoms with Crippen LogP contribution >= 0.6 is 0 Å². The zero-order valence-electron chi connectivity index (χ0n) is 8.84. The molecular formula is C11H13NO4. The van der Waals surface area contributed by atoms with Crippen LogP contribution in [0, 0.1) is 0 Å². The normalized spacial score (nSPS) is 24.3. The summed E-state index contributed by atoms with van der Waals surface area (Å²) < 4.78 is 10.0. The molecule has 0 amide bonds. The van der Waals surface area contributed by atoms with Gasteiger partial charge < -0.3 is 14.6 Å². The highest BCUT2D eigenvalue weighted by atomic mass is 16.5. The molecule has 0 aromatic heterocycles. The highest BCUT2D eigenvalue weighted by molar-refractivity contribution is 5.76. The molecule has 2 unspecified atom stereocenters. The number of benzene rings is 1. The third-order valence-electron chi connectivity index (χ3n) is 2.46. The van der Waals surface area contributed by atoms with Crippen molar-refractivity contribution in [3.8, 4) is 5.75 Å². The van der Waals surface area contributed by atoms with E-state index in [2.05, 4.69) is 10.1 Å². The van der Waals surface area contributed by atoms with Gasteiger partial charge in [0.1, 0.15) is 18.0 Å². The number of nitrogens with one attached hydrogen (secondary N) is 1. The molecule has 0 bridgehead atoms. The van der Waals surface area contributed by atoms with Crippen molar-refractivity contribution < 1.29 is 19.4 Å². The van der Waals surface area contributed by atoms with Gasteiger partial charge in [0.25, 0.3) is 0 Å². The zero-order valence-corrected chi connectivity index (χ0v) is 8.84. The van der Waals surface area contributed by atoms with Crippen LogP contribution in [-0.4, -0.2) is 30.8 Å². The maximum Gasteiger partial charge on any atom is 0.325 e. The lowest BCUT2D eigenvalue weighted by atomic mass is 10.2. The fourth-order valence-corrected chi connectivity index (χ4v) is 1.59. The van der Waals surface area contributed by atoms with Gasteiger partial charge >= 0.3 is 5.97 Å². The minimum Gasteiger partial charge on any atom is -0.508 e. The van der Waals surface area contributed by atoms with E-state index in [0.717, 1.165) is 5.56 Å². The first-order valence-corrected chi connectivity index (χ1v) is 4.95. The standard InChI is InChI=1S/C11H13NO4/c1-15-11(14)9-6-16-10(12-9)7-2-4-8(13)5-3-7/h2-5,9-10,12-13H,6H2,1H3. The molecule has 0 spiro atoms. The Morgan fingerprint density at radius 2 is 2.19 bits per heavy atom. The van der Waals surface area contributed by atoms with Crippen molar-refractivity contribution in [1.29, 1.82) is 0 Å². The molecule has 1 saturated heterocycles. The van der Waals surface area contributed by atoms with E-state index in [4.69, 9.17) is 9.84 Å². The largest absolute Gasteiger partial charge is 0.508 e. The second-order valence-corrected chi connectivity index (χ2v) is 3.55. The Morgan fingerprint density at radius 3 is 2.81 bits per heavy atom. The van der Waals surface area contributed by atoms with Crippen LogP contribution in [0.2, 0.25) is 0 Å². The third kappa shape index (κ3) is 2.15. The van der Waals surface area contributed by atoms with Gasteiger partial charge in [0.05, 0.1) is 13.7 Å². The zero-order chi connectivity index (χ0) is 11.5. The highest BCUT2D eigenvalue weighted by Crippen LogP contribution is 2.22. The molecule has 2 rings (SSSR count). The van der Waals surface area contributed by atoms with Crippen molar-refractivity contribution in [3.05, 3.63) is 29.8 Å². The van der Waals surface area contributed by atoms with Crippen molar-refractivity contribution >= 4 is 5.97 Å². The maximum atomic E-state index is 11.2. The Hall–Kier alpha value is -1.59. The second-order valence-electron chi connectivity index (χ2n) is 3.55. The lowest BCUT2D eigenvalue weighted by molar-refractivity contribution is -0.142. The number of hydrogen-bond donors (Lipinski definition) is 2. The molecule has 16 heavy (non-hydrogen) atoms. The molecule has 1 aliphatic heterocycles. The summed E-state index contributed by atoms with van der Waals surface area (Å²) in [4.78, 5) is 11.2. The summed E-state index contributed by atoms with van der Waals surface area (Å²) in [6.45, 7) is 0.290. The summed E-state index contributed by atoms with van der Waals surface area (Å²) in [5, 5.41) is 12.1. The molecule has 86 valence electrons. The minimum absolute atomic E-state index is 0.200. The summed E-state index contributed by atoms with van der Waals surface area (Å²) >= 11 is 0. The van der Waals surface area contributed by atoms with E-state index in [1.807, 2.05) is 0 Å². The number of aromatic hydroxyl groups is 1. The molecule has 1 aliphatic rings. The van der Waals surface area contributed by atoms with E-state index in [1.54, 1.807) is 24.3 Å². The van der Waals surface area contributed by atoms with Crippen LogP contribution in [0.3, 0.4) is 0 Å². The second kappa shape index (κ2) is 4.51. The van der Waals surface area contributed by atoms with Gasteiger partial charge in [-0.3, -0.25) is 10.1 Å². The molecule has 1 heterocycles. The van der Waals surface area contributed by atoms with Crippen LogP contribution in [0.1, 0.15) is 11.8 Å². The van der Waals surface area contributed by atoms with Crippen molar-refractivity contribution in [2.45, 2.75) is 12.3 Å². The first-order valence-electron chi connectivity index (χ1n) is 4.95. The SMILES string of the molecule is COC(=O)C1COC(c2ccc(O)cc2)N1. The first kappa shape index (κ1) is 10.9. The number of ether oxygens (including phenoxy) is 2. The quantitative estimate of drug-likeness (QED) is 0.717. The van der Waals surface area contributed by atoms with Gasteiger partial charge in [0.2, 0.25) is 0 Å². The van der Waals surface area contributed by atoms with Crippen molar-refractivity contribution in [1.82, 2.24) is 5.32 Å². The molecule has 1 fully saturated rings. The van der Waals surface area contributed by atoms with Gasteiger partial charge in [-0.25, -0.2) is 0 Å². The predicted molar refractivity (Wildman–Crippen MR) is 55.7 cm³/mol. The van der Waals surface area contributed by atoms with Crippen LogP contribution in [-0.2, 0) is 14.3 Å². The fraction of sp³-hybridized carbons (Fsp3) is 0.364. The molecule has 2 N–H and O–H groups in total. The Morgan fingerprint density at radius 1 is 1.50 bits per heavy atom. The van der Waals surface area contributed by atoms with E-state index in [1.165, 1.54) is 7.11 Å². The molecule has 5 nitrogen and oxygen atoms in total. The Kier molecular flexibility index (Phi) is 3.07. The number of phenols is 1. The summed E-state index contributed by atoms with van der Waals surface area (Å²) in [5.41, 5.74) is 0.865. The molecule has 1 aromatic rings. The average Bonchev–Trinajstić information content (AvgIpc) is 2.78. The van der Waals surface area contributed by atoms with Crippen molar-refractivity contribution in [2.24, 2.45) is 0 Å². The van der Waals surface area contributed by atoms with Crippen LogP contribution in [0.25, 0.3) is 0 Å². The molecular weight excluding hydrogens is 210 g/mol. The van der Waals surface area contributed by atoms with E-state index >= 15 is 0 Å². The lowest BCUT2D eigenvalue weighted by Gasteiger charge is -2.11. The van der Waals surface area contributed by atoms with Crippen LogP contribution < -0.4 is 5.32 Å². The van der Waals surface area contributed by atoms with Gasteiger partial charge in [-0.2, -0.15) is 0 Å². The average molecular weight is 223 g/mol. The van der Waals surface area contributed by atoms with E-state index < -0.39 is 6.04 Å². The van der Waals surface area contributed by atoms with Gasteiger partial charge in [0, 0.05) is 0 Å². The monoisotopic (exact) mass is 223 g/mol. The van der Waals surface area contributed by atoms with Crippen molar-refractivity contribution in [2.75, 3.05) is 13.7 Å². The number of phenolic OH excluding ortho intramolecular Hbond substituents is 1. The summed E-state index contributed by atoms with van der Waals surface area (Å²) in [6, 6.07) is 6.21. The number of rotatable bonds is 2. The van der Waals surface area contributed by atoms with E-state index in [0.29, 0.717) is 0 Å². The number of carbonyl (C=O) groups excluding carboxylic acids is 1. The van der Waals surface area contributed by atoms with Gasteiger partial charge in [-0.1, -0.05) is 12.1 Å². The Balaban J connectivity index is 2.03. The lowest BCUT2D eigenvalue weighted by Crippen LogP contribution is -2.34. The maximum absolute atomic E-state index is 11.2. The molecule has 1 aromatic carbocycles. The van der Waals surface area contributed by atoms with E-state index in [9.17, 15) is 4.79 Å². The molecule has 5 heteroatoms. The molecule has 2 atom stereocenters. The fourth-order valence-electron chi connectivity index (χ4n) is 1.59. The predicted octanol–water partition coefficient (Wildman–Crippen LogP) is 0.552. The summed E-state index contributed by atoms with van der Waals surface area (Å²) in [5.74, 6) is -0.132. The number of methoxy groups -OCH3 is 1. The smallest absolute Gasteiger partial charge is 0.325 e. The topological polar surface area (TPSA) is 67.8 Å². The molecule has 0 aliphatic carbocycles. The Labute approximate surface area is 93.0 Å². The number of hydrogen-bond acceptors (Lipinski definition) is 5. The minimum atomic E-state index is -0.427. The van der Waals surface area contributed by atoms with Gasteiger partial charge in [-0.05, 0) is 17.7 Å². The van der Waals surface area contributed by atoms with Crippen LogP contribution in [0.15, 0.2) is 24.3 Å². The van der Waals surface area contributed by atoms with Gasteiger partial charge in [0.15, 0.2) is 0 Å². The highest BCUT2D eigenvalue weighted by Gasteiger charge is 2.31. The number of esters is 1. The first-order chi connectivity index (χ1) is 7.70. The summed E-state index contributed by atoms with van der Waals surface area (Å²) in [6.07, 6.45) is -0.329. The van der Waals surface area contributed by atoms with Crippen LogP contribution in [0.5, 0.6) is 5.75 Å². The molecule has 0 radical (unpaired) electrons. The van der Waals surface area contributed by atoms with Crippen LogP contribution in [0.4, 0.5) is 0 Å². The summed E-state index contributed by atoms with van der Waals surface area (Å²) in [7, 11) is 1.35. The number of carbonyl (C=O) groups is 1. The van der Waals surface area contributed by atoms with Crippen molar-refractivity contribution in [3.63, 3.8) is 0 Å². The third-order valence-corrected chi connectivity index (χ3v) is 2.46. The van der Waals surface area contributed by atoms with Gasteiger partial charge in [-0.15, -0.1) is 0 Å². The van der Waals surface area contributed by atoms with E-state index in [-0.39, 0.29) is 24.6 Å².